The van der Waals surface area contributed by atoms with Crippen LogP contribution in [0.1, 0.15) is 36.1 Å². The van der Waals surface area contributed by atoms with Crippen LogP contribution in [-0.2, 0) is 12.8 Å². The van der Waals surface area contributed by atoms with Crippen LogP contribution in [0.4, 0.5) is 0 Å². The molecule has 5 heteroatoms. The fraction of sp³-hybridized carbons (Fsp3) is 0.400. The van der Waals surface area contributed by atoms with E-state index in [9.17, 15) is 5.11 Å². The van der Waals surface area contributed by atoms with Gasteiger partial charge in [0.15, 0.2) is 0 Å². The van der Waals surface area contributed by atoms with Crippen LogP contribution in [0.25, 0.3) is 0 Å². The van der Waals surface area contributed by atoms with Gasteiger partial charge in [-0.1, -0.05) is 29.8 Å². The molecule has 0 saturated heterocycles. The van der Waals surface area contributed by atoms with E-state index < -0.39 is 6.10 Å². The van der Waals surface area contributed by atoms with Crippen LogP contribution in [0.5, 0.6) is 5.75 Å². The number of benzene rings is 2. The molecule has 0 saturated carbocycles. The normalized spacial score (nSPS) is 15.2. The van der Waals surface area contributed by atoms with Crippen molar-refractivity contribution < 1.29 is 9.84 Å². The van der Waals surface area contributed by atoms with E-state index in [0.717, 1.165) is 22.8 Å². The summed E-state index contributed by atoms with van der Waals surface area (Å²) in [6.45, 7) is 2.81. The Hall–Kier alpha value is -1.26. The van der Waals surface area contributed by atoms with Crippen molar-refractivity contribution in [1.29, 1.82) is 0 Å². The zero-order chi connectivity index (χ0) is 16.9. The molecule has 2 unspecified atom stereocenters. The standard InChI is InChI=1S/C20H24ClNO2.ClH/c1-14(16-5-3-7-18(21)10-16)22-12-19(23)13-24-20-9-8-15-4-2-6-17(15)11-20;/h3,5,7-11,14,19,22-23H,2,4,6,12-13H2,1H3;1H. The van der Waals surface area contributed by atoms with Gasteiger partial charge in [-0.15, -0.1) is 12.4 Å². The van der Waals surface area contributed by atoms with Crippen LogP contribution in [-0.4, -0.2) is 24.4 Å². The van der Waals surface area contributed by atoms with Gasteiger partial charge in [-0.25, -0.2) is 0 Å². The molecule has 0 spiro atoms. The topological polar surface area (TPSA) is 41.5 Å². The molecule has 2 aromatic carbocycles. The number of fused-ring (bicyclic) bond motifs is 1. The van der Waals surface area contributed by atoms with Gasteiger partial charge in [0.2, 0.25) is 0 Å². The maximum atomic E-state index is 10.1. The van der Waals surface area contributed by atoms with E-state index in [1.807, 2.05) is 30.3 Å². The molecule has 0 radical (unpaired) electrons. The Balaban J connectivity index is 0.00000225. The van der Waals surface area contributed by atoms with Gasteiger partial charge >= 0.3 is 0 Å². The monoisotopic (exact) mass is 381 g/mol. The van der Waals surface area contributed by atoms with Crippen LogP contribution < -0.4 is 10.1 Å². The second-order valence-corrected chi connectivity index (χ2v) is 6.87. The number of hydrogen-bond donors (Lipinski definition) is 2. The first-order valence-electron chi connectivity index (χ1n) is 8.53. The molecule has 0 bridgehead atoms. The Morgan fingerprint density at radius 2 is 1.96 bits per heavy atom. The van der Waals surface area contributed by atoms with Gasteiger partial charge in [-0.2, -0.15) is 0 Å². The molecule has 0 aliphatic heterocycles. The first-order chi connectivity index (χ1) is 11.6. The summed E-state index contributed by atoms with van der Waals surface area (Å²) < 4.78 is 5.74. The highest BCUT2D eigenvalue weighted by Crippen LogP contribution is 2.26. The number of ether oxygens (including phenoxy) is 1. The minimum absolute atomic E-state index is 0. The second kappa shape index (κ2) is 9.44. The molecular formula is C20H25Cl2NO2. The van der Waals surface area contributed by atoms with Crippen molar-refractivity contribution in [3.8, 4) is 5.75 Å². The molecule has 136 valence electrons. The third kappa shape index (κ3) is 5.61. The van der Waals surface area contributed by atoms with Gasteiger partial charge < -0.3 is 15.2 Å². The number of halogens is 2. The van der Waals surface area contributed by atoms with Gasteiger partial charge in [0.25, 0.3) is 0 Å². The van der Waals surface area contributed by atoms with Crippen molar-refractivity contribution in [2.24, 2.45) is 0 Å². The van der Waals surface area contributed by atoms with E-state index >= 15 is 0 Å². The number of aryl methyl sites for hydroxylation is 2. The summed E-state index contributed by atoms with van der Waals surface area (Å²) in [7, 11) is 0. The molecule has 2 N–H and O–H groups in total. The number of hydrogen-bond acceptors (Lipinski definition) is 3. The zero-order valence-electron chi connectivity index (χ0n) is 14.4. The Kier molecular flexibility index (Phi) is 7.57. The smallest absolute Gasteiger partial charge is 0.119 e. The zero-order valence-corrected chi connectivity index (χ0v) is 15.9. The molecule has 0 amide bonds. The molecule has 0 heterocycles. The molecule has 0 aromatic heterocycles. The van der Waals surface area contributed by atoms with Gasteiger partial charge in [0, 0.05) is 17.6 Å². The van der Waals surface area contributed by atoms with Crippen molar-refractivity contribution in [3.05, 3.63) is 64.2 Å². The molecule has 25 heavy (non-hydrogen) atoms. The van der Waals surface area contributed by atoms with Gasteiger partial charge in [-0.05, 0) is 67.1 Å². The largest absolute Gasteiger partial charge is 0.491 e. The van der Waals surface area contributed by atoms with E-state index in [1.165, 1.54) is 24.0 Å². The van der Waals surface area contributed by atoms with E-state index in [2.05, 4.69) is 24.4 Å². The van der Waals surface area contributed by atoms with E-state index in [4.69, 9.17) is 16.3 Å². The lowest BCUT2D eigenvalue weighted by Gasteiger charge is -2.18. The Morgan fingerprint density at radius 1 is 1.16 bits per heavy atom. The highest BCUT2D eigenvalue weighted by atomic mass is 35.5. The lowest BCUT2D eigenvalue weighted by atomic mass is 10.1. The van der Waals surface area contributed by atoms with Gasteiger partial charge in [-0.3, -0.25) is 0 Å². The van der Waals surface area contributed by atoms with Crippen molar-refractivity contribution in [1.82, 2.24) is 5.32 Å². The van der Waals surface area contributed by atoms with Gasteiger partial charge in [0.1, 0.15) is 18.5 Å². The second-order valence-electron chi connectivity index (χ2n) is 6.43. The third-order valence-electron chi connectivity index (χ3n) is 4.52. The Labute approximate surface area is 160 Å². The van der Waals surface area contributed by atoms with Crippen LogP contribution in [0.15, 0.2) is 42.5 Å². The average Bonchev–Trinajstić information content (AvgIpc) is 3.05. The first kappa shape index (κ1) is 20.1. The summed E-state index contributed by atoms with van der Waals surface area (Å²) >= 11 is 6.01. The third-order valence-corrected chi connectivity index (χ3v) is 4.76. The SMILES string of the molecule is CC(NCC(O)COc1ccc2c(c1)CCC2)c1cccc(Cl)c1.Cl. The molecule has 1 aliphatic rings. The molecule has 2 atom stereocenters. The number of rotatable bonds is 7. The van der Waals surface area contributed by atoms with E-state index in [1.54, 1.807) is 0 Å². The van der Waals surface area contributed by atoms with Crippen LogP contribution in [0, 0.1) is 0 Å². The maximum absolute atomic E-state index is 10.1. The molecular weight excluding hydrogens is 357 g/mol. The van der Waals surface area contributed by atoms with Crippen molar-refractivity contribution in [2.75, 3.05) is 13.2 Å². The summed E-state index contributed by atoms with van der Waals surface area (Å²) in [5.41, 5.74) is 3.92. The summed E-state index contributed by atoms with van der Waals surface area (Å²) in [5.74, 6) is 0.845. The summed E-state index contributed by atoms with van der Waals surface area (Å²) in [4.78, 5) is 0. The highest BCUT2D eigenvalue weighted by Gasteiger charge is 2.13. The molecule has 1 aliphatic carbocycles. The lowest BCUT2D eigenvalue weighted by Crippen LogP contribution is -2.33. The minimum atomic E-state index is -0.556. The van der Waals surface area contributed by atoms with E-state index in [0.29, 0.717) is 6.54 Å². The average molecular weight is 382 g/mol. The molecule has 3 rings (SSSR count). The summed E-state index contributed by atoms with van der Waals surface area (Å²) in [6, 6.07) is 14.1. The highest BCUT2D eigenvalue weighted by molar-refractivity contribution is 6.30. The predicted octanol–water partition coefficient (Wildman–Crippen LogP) is 4.34. The summed E-state index contributed by atoms with van der Waals surface area (Å²) in [6.07, 6.45) is 2.98. The van der Waals surface area contributed by atoms with Gasteiger partial charge in [0.05, 0.1) is 0 Å². The molecule has 0 fully saturated rings. The van der Waals surface area contributed by atoms with Crippen LogP contribution in [0.2, 0.25) is 5.02 Å². The fourth-order valence-corrected chi connectivity index (χ4v) is 3.29. The number of aliphatic hydroxyl groups is 1. The van der Waals surface area contributed by atoms with Crippen molar-refractivity contribution in [2.45, 2.75) is 38.3 Å². The lowest BCUT2D eigenvalue weighted by molar-refractivity contribution is 0.104. The Morgan fingerprint density at radius 3 is 2.76 bits per heavy atom. The predicted molar refractivity (Wildman–Crippen MR) is 105 cm³/mol. The van der Waals surface area contributed by atoms with Crippen LogP contribution in [0.3, 0.4) is 0 Å². The fourth-order valence-electron chi connectivity index (χ4n) is 3.10. The Bertz CT molecular complexity index is 693. The molecule has 2 aromatic rings. The van der Waals surface area contributed by atoms with E-state index in [-0.39, 0.29) is 25.1 Å². The first-order valence-corrected chi connectivity index (χ1v) is 8.91. The quantitative estimate of drug-likeness (QED) is 0.749. The minimum Gasteiger partial charge on any atom is -0.491 e. The maximum Gasteiger partial charge on any atom is 0.119 e. The van der Waals surface area contributed by atoms with Crippen molar-refractivity contribution in [3.63, 3.8) is 0 Å². The molecule has 3 nitrogen and oxygen atoms in total. The number of aliphatic hydroxyl groups excluding tert-OH is 1. The summed E-state index contributed by atoms with van der Waals surface area (Å²) in [5, 5.41) is 14.2. The van der Waals surface area contributed by atoms with Crippen LogP contribution >= 0.6 is 24.0 Å². The van der Waals surface area contributed by atoms with Crippen molar-refractivity contribution >= 4 is 24.0 Å². The number of nitrogens with one attached hydrogen (secondary N) is 1.